The van der Waals surface area contributed by atoms with Gasteiger partial charge in [0.15, 0.2) is 0 Å². The number of esters is 1. The summed E-state index contributed by atoms with van der Waals surface area (Å²) in [6.45, 7) is 11.9. The molecule has 1 aliphatic heterocycles. The van der Waals surface area contributed by atoms with Gasteiger partial charge in [0, 0.05) is 5.39 Å². The maximum absolute atomic E-state index is 12.6. The molecule has 29 heavy (non-hydrogen) atoms. The van der Waals surface area contributed by atoms with E-state index in [1.54, 1.807) is 6.07 Å². The number of benzene rings is 2. The van der Waals surface area contributed by atoms with Gasteiger partial charge in [-0.15, -0.1) is 0 Å². The minimum Gasteiger partial charge on any atom is -0.449 e. The zero-order valence-electron chi connectivity index (χ0n) is 17.7. The summed E-state index contributed by atoms with van der Waals surface area (Å²) >= 11 is 0. The number of aryl methyl sites for hydroxylation is 2. The van der Waals surface area contributed by atoms with Crippen LogP contribution in [0.15, 0.2) is 46.9 Å². The van der Waals surface area contributed by atoms with Gasteiger partial charge in [0.2, 0.25) is 5.76 Å². The molecule has 0 unspecified atom stereocenters. The molecule has 6 heteroatoms. The van der Waals surface area contributed by atoms with Gasteiger partial charge in [0.25, 0.3) is 0 Å². The zero-order chi connectivity index (χ0) is 21.0. The molecule has 0 radical (unpaired) electrons. The minimum absolute atomic E-state index is 0.181. The highest BCUT2D eigenvalue weighted by Crippen LogP contribution is 2.37. The molecule has 1 saturated heterocycles. The molecule has 150 valence electrons. The number of carbonyl (C=O) groups excluding carboxylic acids is 1. The van der Waals surface area contributed by atoms with Crippen LogP contribution >= 0.6 is 0 Å². The fraction of sp³-hybridized carbons (Fsp3) is 0.348. The third-order valence-electron chi connectivity index (χ3n) is 5.83. The van der Waals surface area contributed by atoms with Crippen LogP contribution in [0.3, 0.4) is 0 Å². The lowest BCUT2D eigenvalue weighted by atomic mass is 9.77. The van der Waals surface area contributed by atoms with E-state index < -0.39 is 24.3 Å². The molecule has 0 saturated carbocycles. The molecule has 1 aliphatic rings. The second-order valence-corrected chi connectivity index (χ2v) is 8.61. The van der Waals surface area contributed by atoms with E-state index in [0.29, 0.717) is 11.3 Å². The molecule has 3 aromatic rings. The van der Waals surface area contributed by atoms with Crippen molar-refractivity contribution in [1.29, 1.82) is 0 Å². The molecular weight excluding hydrogens is 367 g/mol. The molecule has 0 N–H and O–H groups in total. The van der Waals surface area contributed by atoms with Crippen LogP contribution in [0.2, 0.25) is 0 Å². The smallest absolute Gasteiger partial charge is 0.449 e. The highest BCUT2D eigenvalue weighted by molar-refractivity contribution is 6.62. The van der Waals surface area contributed by atoms with E-state index in [4.69, 9.17) is 18.5 Å². The number of ether oxygens (including phenoxy) is 1. The maximum Gasteiger partial charge on any atom is 0.494 e. The highest BCUT2D eigenvalue weighted by atomic mass is 16.7. The van der Waals surface area contributed by atoms with E-state index in [0.717, 1.165) is 22.0 Å². The van der Waals surface area contributed by atoms with Gasteiger partial charge < -0.3 is 18.5 Å². The average Bonchev–Trinajstić information content (AvgIpc) is 3.16. The van der Waals surface area contributed by atoms with Gasteiger partial charge in [-0.05, 0) is 70.3 Å². The van der Waals surface area contributed by atoms with E-state index in [9.17, 15) is 4.79 Å². The van der Waals surface area contributed by atoms with Crippen LogP contribution in [-0.2, 0) is 9.31 Å². The van der Waals surface area contributed by atoms with Crippen LogP contribution in [0, 0.1) is 13.8 Å². The molecule has 1 aromatic heterocycles. The van der Waals surface area contributed by atoms with E-state index >= 15 is 0 Å². The second-order valence-electron chi connectivity index (χ2n) is 8.61. The first-order valence-electron chi connectivity index (χ1n) is 9.75. The lowest BCUT2D eigenvalue weighted by Crippen LogP contribution is -2.41. The molecule has 0 spiro atoms. The summed E-state index contributed by atoms with van der Waals surface area (Å²) < 4.78 is 23.6. The van der Waals surface area contributed by atoms with Crippen molar-refractivity contribution in [3.8, 4) is 5.75 Å². The minimum atomic E-state index is -0.518. The molecule has 5 nitrogen and oxygen atoms in total. The van der Waals surface area contributed by atoms with Crippen LogP contribution in [0.1, 0.15) is 49.4 Å². The third kappa shape index (κ3) is 3.47. The summed E-state index contributed by atoms with van der Waals surface area (Å²) in [7, 11) is -0.461. The fourth-order valence-corrected chi connectivity index (χ4v) is 3.49. The number of hydrogen-bond acceptors (Lipinski definition) is 5. The van der Waals surface area contributed by atoms with Crippen LogP contribution in [0.25, 0.3) is 11.0 Å². The van der Waals surface area contributed by atoms with Gasteiger partial charge in [-0.1, -0.05) is 30.3 Å². The quantitative estimate of drug-likeness (QED) is 0.371. The Bertz CT molecular complexity index is 1020. The van der Waals surface area contributed by atoms with E-state index in [1.807, 2.05) is 77.9 Å². The number of rotatable bonds is 3. The van der Waals surface area contributed by atoms with Crippen LogP contribution in [0.4, 0.5) is 0 Å². The maximum atomic E-state index is 12.6. The Hall–Kier alpha value is -2.57. The van der Waals surface area contributed by atoms with Crippen molar-refractivity contribution in [1.82, 2.24) is 0 Å². The largest absolute Gasteiger partial charge is 0.494 e. The first-order chi connectivity index (χ1) is 13.6. The Morgan fingerprint density at radius 3 is 2.10 bits per heavy atom. The monoisotopic (exact) mass is 392 g/mol. The standard InChI is InChI=1S/C23H25BO5/c1-14-11-17(24-28-22(3,4)23(5,6)29-24)12-15(2)20(14)27-21(25)19-13-16-9-7-8-10-18(16)26-19/h7-13H,1-6H3. The van der Waals surface area contributed by atoms with Gasteiger partial charge in [0.1, 0.15) is 11.3 Å². The van der Waals surface area contributed by atoms with Gasteiger partial charge in [0.05, 0.1) is 11.2 Å². The van der Waals surface area contributed by atoms with Crippen LogP contribution in [0.5, 0.6) is 5.75 Å². The van der Waals surface area contributed by atoms with Gasteiger partial charge in [-0.2, -0.15) is 0 Å². The first kappa shape index (κ1) is 19.7. The van der Waals surface area contributed by atoms with Crippen molar-refractivity contribution in [3.05, 3.63) is 59.4 Å². The Balaban J connectivity index is 1.58. The van der Waals surface area contributed by atoms with Crippen LogP contribution < -0.4 is 10.2 Å². The molecule has 2 aromatic carbocycles. The molecule has 4 rings (SSSR count). The highest BCUT2D eigenvalue weighted by Gasteiger charge is 2.51. The van der Waals surface area contributed by atoms with Gasteiger partial charge in [-0.25, -0.2) is 4.79 Å². The van der Waals surface area contributed by atoms with E-state index in [1.165, 1.54) is 0 Å². The summed E-state index contributed by atoms with van der Waals surface area (Å²) in [4.78, 5) is 12.6. The summed E-state index contributed by atoms with van der Waals surface area (Å²) in [5, 5.41) is 0.865. The lowest BCUT2D eigenvalue weighted by Gasteiger charge is -2.32. The second kappa shape index (κ2) is 6.75. The molecule has 0 atom stereocenters. The average molecular weight is 392 g/mol. The van der Waals surface area contributed by atoms with E-state index in [-0.39, 0.29) is 5.76 Å². The summed E-state index contributed by atoms with van der Waals surface area (Å²) in [5.41, 5.74) is 2.40. The number of para-hydroxylation sites is 1. The normalized spacial score (nSPS) is 17.7. The fourth-order valence-electron chi connectivity index (χ4n) is 3.49. The number of carbonyl (C=O) groups is 1. The SMILES string of the molecule is Cc1cc(B2OC(C)(C)C(C)(C)O2)cc(C)c1OC(=O)c1cc2ccccc2o1. The summed E-state index contributed by atoms with van der Waals surface area (Å²) in [6.07, 6.45) is 0. The molecule has 0 bridgehead atoms. The molecule has 0 amide bonds. The van der Waals surface area contributed by atoms with Crippen LogP contribution in [-0.4, -0.2) is 24.3 Å². The van der Waals surface area contributed by atoms with Gasteiger partial charge >= 0.3 is 13.1 Å². The van der Waals surface area contributed by atoms with Crippen molar-refractivity contribution in [3.63, 3.8) is 0 Å². The van der Waals surface area contributed by atoms with Crippen molar-refractivity contribution in [2.75, 3.05) is 0 Å². The zero-order valence-corrected chi connectivity index (χ0v) is 17.7. The van der Waals surface area contributed by atoms with E-state index in [2.05, 4.69) is 0 Å². The Morgan fingerprint density at radius 2 is 1.52 bits per heavy atom. The summed E-state index contributed by atoms with van der Waals surface area (Å²) in [6, 6.07) is 13.1. The van der Waals surface area contributed by atoms with Gasteiger partial charge in [-0.3, -0.25) is 0 Å². The summed E-state index contributed by atoms with van der Waals surface area (Å²) in [5.74, 6) is 0.187. The molecule has 0 aliphatic carbocycles. The van der Waals surface area contributed by atoms with Crippen molar-refractivity contribution >= 4 is 29.5 Å². The number of hydrogen-bond donors (Lipinski definition) is 0. The number of fused-ring (bicyclic) bond motifs is 1. The molecule has 1 fully saturated rings. The Labute approximate surface area is 171 Å². The Morgan fingerprint density at radius 1 is 0.931 bits per heavy atom. The van der Waals surface area contributed by atoms with Crippen molar-refractivity contribution < 1.29 is 23.3 Å². The third-order valence-corrected chi connectivity index (χ3v) is 5.83. The van der Waals surface area contributed by atoms with Crippen molar-refractivity contribution in [2.24, 2.45) is 0 Å². The number of furan rings is 1. The predicted molar refractivity (Wildman–Crippen MR) is 113 cm³/mol. The first-order valence-corrected chi connectivity index (χ1v) is 9.75. The molecule has 2 heterocycles. The predicted octanol–water partition coefficient (Wildman–Crippen LogP) is 4.57. The lowest BCUT2D eigenvalue weighted by molar-refractivity contribution is 0.00578. The molecular formula is C23H25BO5. The topological polar surface area (TPSA) is 57.9 Å². The Kier molecular flexibility index (Phi) is 4.59. The van der Waals surface area contributed by atoms with Crippen molar-refractivity contribution in [2.45, 2.75) is 52.7 Å².